The van der Waals surface area contributed by atoms with E-state index in [1.165, 1.54) is 6.26 Å². The quantitative estimate of drug-likeness (QED) is 0.762. The number of amides is 1. The number of furan rings is 1. The van der Waals surface area contributed by atoms with E-state index in [2.05, 4.69) is 5.10 Å². The summed E-state index contributed by atoms with van der Waals surface area (Å²) < 4.78 is 6.64. The lowest BCUT2D eigenvalue weighted by Crippen LogP contribution is -2.11. The van der Waals surface area contributed by atoms with Gasteiger partial charge in [-0.25, -0.2) is 0 Å². The van der Waals surface area contributed by atoms with Crippen molar-refractivity contribution in [1.29, 1.82) is 0 Å². The summed E-state index contributed by atoms with van der Waals surface area (Å²) in [5.74, 6) is -0.417. The number of hydrogen-bond acceptors (Lipinski definition) is 3. The van der Waals surface area contributed by atoms with Crippen LogP contribution in [0.2, 0.25) is 0 Å². The molecule has 0 aromatic carbocycles. The van der Waals surface area contributed by atoms with Gasteiger partial charge in [-0.3, -0.25) is 9.48 Å². The Balaban J connectivity index is 2.57. The van der Waals surface area contributed by atoms with E-state index in [4.69, 9.17) is 10.2 Å². The van der Waals surface area contributed by atoms with Crippen LogP contribution in [0.1, 0.15) is 10.6 Å². The molecule has 2 N–H and O–H groups in total. The molecule has 0 saturated carbocycles. The van der Waals surface area contributed by atoms with Crippen LogP contribution in [0.5, 0.6) is 0 Å². The van der Waals surface area contributed by atoms with Crippen molar-refractivity contribution < 1.29 is 9.21 Å². The highest BCUT2D eigenvalue weighted by Gasteiger charge is 2.15. The molecule has 72 valence electrons. The van der Waals surface area contributed by atoms with Crippen molar-refractivity contribution in [2.24, 2.45) is 12.8 Å². The normalized spacial score (nSPS) is 10.4. The number of hydrogen-bond donors (Lipinski definition) is 1. The second-order valence-corrected chi connectivity index (χ2v) is 2.87. The van der Waals surface area contributed by atoms with Gasteiger partial charge < -0.3 is 10.2 Å². The fraction of sp³-hybridized carbons (Fsp3) is 0.111. The molecule has 2 heterocycles. The monoisotopic (exact) mass is 191 g/mol. The summed E-state index contributed by atoms with van der Waals surface area (Å²) in [5, 5.41) is 4.00. The molecule has 14 heavy (non-hydrogen) atoms. The molecule has 2 aromatic rings. The Labute approximate surface area is 80.1 Å². The number of aryl methyl sites for hydroxylation is 1. The Morgan fingerprint density at radius 2 is 2.36 bits per heavy atom. The lowest BCUT2D eigenvalue weighted by atomic mass is 10.2. The molecule has 0 aliphatic heterocycles. The smallest absolute Gasteiger partial charge is 0.285 e. The van der Waals surface area contributed by atoms with E-state index in [0.717, 1.165) is 5.69 Å². The lowest BCUT2D eigenvalue weighted by Gasteiger charge is -1.99. The second-order valence-electron chi connectivity index (χ2n) is 2.87. The van der Waals surface area contributed by atoms with Crippen molar-refractivity contribution in [2.75, 3.05) is 0 Å². The van der Waals surface area contributed by atoms with Crippen LogP contribution in [0.3, 0.4) is 0 Å². The number of nitrogens with two attached hydrogens (primary N) is 1. The van der Waals surface area contributed by atoms with Gasteiger partial charge in [-0.05, 0) is 12.1 Å². The average molecular weight is 191 g/mol. The molecular weight excluding hydrogens is 182 g/mol. The van der Waals surface area contributed by atoms with Gasteiger partial charge in [0, 0.05) is 13.2 Å². The van der Waals surface area contributed by atoms with Crippen molar-refractivity contribution >= 4 is 5.91 Å². The number of carbonyl (C=O) groups excluding carboxylic acids is 1. The van der Waals surface area contributed by atoms with Crippen LogP contribution in [0.15, 0.2) is 29.0 Å². The first-order valence-electron chi connectivity index (χ1n) is 4.06. The van der Waals surface area contributed by atoms with Crippen LogP contribution in [0.25, 0.3) is 11.3 Å². The second kappa shape index (κ2) is 3.02. The summed E-state index contributed by atoms with van der Waals surface area (Å²) in [4.78, 5) is 11.0. The molecule has 0 atom stereocenters. The summed E-state index contributed by atoms with van der Waals surface area (Å²) in [5.41, 5.74) is 6.62. The summed E-state index contributed by atoms with van der Waals surface area (Å²) in [6.45, 7) is 0. The number of aromatic nitrogens is 2. The first-order valence-corrected chi connectivity index (χ1v) is 4.06. The maximum Gasteiger partial charge on any atom is 0.285 e. The van der Waals surface area contributed by atoms with E-state index >= 15 is 0 Å². The number of carbonyl (C=O) groups is 1. The Bertz CT molecular complexity index is 470. The highest BCUT2D eigenvalue weighted by atomic mass is 16.3. The molecule has 5 nitrogen and oxygen atoms in total. The van der Waals surface area contributed by atoms with Gasteiger partial charge in [0.05, 0.1) is 17.5 Å². The molecule has 1 amide bonds. The Hall–Kier alpha value is -2.04. The molecule has 0 aliphatic rings. The predicted molar refractivity (Wildman–Crippen MR) is 49.4 cm³/mol. The third-order valence-corrected chi connectivity index (χ3v) is 1.99. The molecule has 0 spiro atoms. The Morgan fingerprint density at radius 3 is 2.93 bits per heavy atom. The molecule has 5 heteroatoms. The van der Waals surface area contributed by atoms with Crippen LogP contribution >= 0.6 is 0 Å². The fourth-order valence-corrected chi connectivity index (χ4v) is 1.34. The highest BCUT2D eigenvalue weighted by Crippen LogP contribution is 2.23. The van der Waals surface area contributed by atoms with E-state index in [9.17, 15) is 4.79 Å². The van der Waals surface area contributed by atoms with Crippen LogP contribution in [-0.4, -0.2) is 15.7 Å². The molecule has 0 saturated heterocycles. The maximum atomic E-state index is 11.0. The summed E-state index contributed by atoms with van der Waals surface area (Å²) in [6.07, 6.45) is 3.08. The summed E-state index contributed by atoms with van der Waals surface area (Å²) in [6, 6.07) is 3.48. The molecule has 2 rings (SSSR count). The maximum absolute atomic E-state index is 11.0. The van der Waals surface area contributed by atoms with Gasteiger partial charge in [-0.2, -0.15) is 5.10 Å². The number of rotatable bonds is 2. The first-order chi connectivity index (χ1) is 6.70. The molecule has 2 aromatic heterocycles. The number of primary amides is 1. The van der Waals surface area contributed by atoms with Gasteiger partial charge >= 0.3 is 0 Å². The molecule has 0 fully saturated rings. The SMILES string of the molecule is Cn1nccc1-c1ccoc1C(N)=O. The summed E-state index contributed by atoms with van der Waals surface area (Å²) in [7, 11) is 1.78. The van der Waals surface area contributed by atoms with Crippen molar-refractivity contribution in [2.45, 2.75) is 0 Å². The molecule has 0 bridgehead atoms. The molecular formula is C9H9N3O2. The minimum atomic E-state index is -0.578. The average Bonchev–Trinajstić information content (AvgIpc) is 2.70. The van der Waals surface area contributed by atoms with Crippen LogP contribution < -0.4 is 5.73 Å². The van der Waals surface area contributed by atoms with E-state index in [0.29, 0.717) is 5.56 Å². The van der Waals surface area contributed by atoms with E-state index < -0.39 is 5.91 Å². The van der Waals surface area contributed by atoms with E-state index in [1.54, 1.807) is 30.1 Å². The molecule has 0 aliphatic carbocycles. The molecule has 0 unspecified atom stereocenters. The van der Waals surface area contributed by atoms with Crippen LogP contribution in [0, 0.1) is 0 Å². The zero-order valence-electron chi connectivity index (χ0n) is 7.60. The third kappa shape index (κ3) is 1.19. The topological polar surface area (TPSA) is 74.1 Å². The van der Waals surface area contributed by atoms with Gasteiger partial charge in [-0.1, -0.05) is 0 Å². The van der Waals surface area contributed by atoms with Crippen molar-refractivity contribution in [1.82, 2.24) is 9.78 Å². The Morgan fingerprint density at radius 1 is 1.57 bits per heavy atom. The first kappa shape index (κ1) is 8.55. The largest absolute Gasteiger partial charge is 0.458 e. The lowest BCUT2D eigenvalue weighted by molar-refractivity contribution is 0.0974. The predicted octanol–water partition coefficient (Wildman–Crippen LogP) is 0.779. The standard InChI is InChI=1S/C9H9N3O2/c1-12-7(2-4-11-12)6-3-5-14-8(6)9(10)13/h2-5H,1H3,(H2,10,13). The van der Waals surface area contributed by atoms with Crippen LogP contribution in [0.4, 0.5) is 0 Å². The van der Waals surface area contributed by atoms with Crippen molar-refractivity contribution in [3.8, 4) is 11.3 Å². The molecule has 0 radical (unpaired) electrons. The minimum absolute atomic E-state index is 0.161. The zero-order chi connectivity index (χ0) is 10.1. The van der Waals surface area contributed by atoms with E-state index in [1.807, 2.05) is 0 Å². The van der Waals surface area contributed by atoms with Gasteiger partial charge in [0.1, 0.15) is 0 Å². The van der Waals surface area contributed by atoms with Crippen molar-refractivity contribution in [3.05, 3.63) is 30.4 Å². The summed E-state index contributed by atoms with van der Waals surface area (Å²) >= 11 is 0. The highest BCUT2D eigenvalue weighted by molar-refractivity contribution is 5.96. The van der Waals surface area contributed by atoms with Gasteiger partial charge in [0.2, 0.25) is 0 Å². The number of nitrogens with zero attached hydrogens (tertiary/aromatic N) is 2. The van der Waals surface area contributed by atoms with Gasteiger partial charge in [0.15, 0.2) is 5.76 Å². The van der Waals surface area contributed by atoms with Crippen LogP contribution in [-0.2, 0) is 7.05 Å². The minimum Gasteiger partial charge on any atom is -0.458 e. The fourth-order valence-electron chi connectivity index (χ4n) is 1.34. The van der Waals surface area contributed by atoms with Gasteiger partial charge in [0.25, 0.3) is 5.91 Å². The van der Waals surface area contributed by atoms with Crippen molar-refractivity contribution in [3.63, 3.8) is 0 Å². The Kier molecular flexibility index (Phi) is 1.85. The van der Waals surface area contributed by atoms with Gasteiger partial charge in [-0.15, -0.1) is 0 Å². The third-order valence-electron chi connectivity index (χ3n) is 1.99. The van der Waals surface area contributed by atoms with E-state index in [-0.39, 0.29) is 5.76 Å². The zero-order valence-corrected chi connectivity index (χ0v) is 7.60.